The van der Waals surface area contributed by atoms with Gasteiger partial charge >= 0.3 is 0 Å². The molecule has 1 N–H and O–H groups in total. The van der Waals surface area contributed by atoms with Crippen LogP contribution in [0.2, 0.25) is 0 Å². The molecule has 2 rings (SSSR count). The van der Waals surface area contributed by atoms with E-state index in [0.717, 1.165) is 31.6 Å². The molecule has 0 aliphatic heterocycles. The molecule has 0 unspecified atom stereocenters. The summed E-state index contributed by atoms with van der Waals surface area (Å²) in [6, 6.07) is 2.95. The normalized spacial score (nSPS) is 24.2. The minimum Gasteiger partial charge on any atom is -0.446 e. The lowest BCUT2D eigenvalue weighted by Crippen LogP contribution is -2.39. The van der Waals surface area contributed by atoms with Gasteiger partial charge in [0.1, 0.15) is 12.4 Å². The van der Waals surface area contributed by atoms with Crippen LogP contribution in [0.3, 0.4) is 0 Å². The van der Waals surface area contributed by atoms with E-state index in [1.165, 1.54) is 22.9 Å². The average molecular weight is 301 g/mol. The maximum atomic E-state index is 12.5. The molecule has 5 nitrogen and oxygen atoms in total. The first-order chi connectivity index (χ1) is 9.48. The second-order valence-corrected chi connectivity index (χ2v) is 7.41. The van der Waals surface area contributed by atoms with Crippen molar-refractivity contribution in [2.45, 2.75) is 56.8 Å². The van der Waals surface area contributed by atoms with Gasteiger partial charge in [0.15, 0.2) is 0 Å². The number of aliphatic hydroxyl groups is 1. The van der Waals surface area contributed by atoms with Gasteiger partial charge in [0, 0.05) is 13.1 Å². The van der Waals surface area contributed by atoms with Crippen molar-refractivity contribution in [2.24, 2.45) is 5.92 Å². The smallest absolute Gasteiger partial charge is 0.276 e. The number of hydrogen-bond acceptors (Lipinski definition) is 4. The number of hydrogen-bond donors (Lipinski definition) is 1. The molecule has 1 aliphatic rings. The molecule has 1 fully saturated rings. The average Bonchev–Trinajstić information content (AvgIpc) is 2.96. The molecule has 114 valence electrons. The zero-order chi connectivity index (χ0) is 14.8. The van der Waals surface area contributed by atoms with Crippen molar-refractivity contribution in [3.8, 4) is 0 Å². The van der Waals surface area contributed by atoms with Crippen LogP contribution in [0, 0.1) is 5.92 Å². The molecule has 0 aromatic carbocycles. The predicted molar refractivity (Wildman–Crippen MR) is 75.6 cm³/mol. The van der Waals surface area contributed by atoms with Crippen LogP contribution >= 0.6 is 0 Å². The Labute approximate surface area is 120 Å². The van der Waals surface area contributed by atoms with Crippen molar-refractivity contribution in [3.63, 3.8) is 0 Å². The van der Waals surface area contributed by atoms with E-state index in [9.17, 15) is 8.42 Å². The summed E-state index contributed by atoms with van der Waals surface area (Å²) in [6.45, 7) is 1.89. The van der Waals surface area contributed by atoms with Crippen molar-refractivity contribution in [1.82, 2.24) is 4.31 Å². The fourth-order valence-corrected chi connectivity index (χ4v) is 4.18. The molecule has 1 aliphatic carbocycles. The maximum Gasteiger partial charge on any atom is 0.276 e. The first kappa shape index (κ1) is 15.5. The highest BCUT2D eigenvalue weighted by molar-refractivity contribution is 7.89. The molecular weight excluding hydrogens is 278 g/mol. The van der Waals surface area contributed by atoms with E-state index in [-0.39, 0.29) is 23.5 Å². The van der Waals surface area contributed by atoms with E-state index >= 15 is 0 Å². The van der Waals surface area contributed by atoms with Crippen molar-refractivity contribution in [2.75, 3.05) is 7.05 Å². The molecule has 20 heavy (non-hydrogen) atoms. The van der Waals surface area contributed by atoms with E-state index in [2.05, 4.69) is 6.92 Å². The van der Waals surface area contributed by atoms with E-state index in [1.54, 1.807) is 7.05 Å². The SMILES string of the molecule is CCC1CCC(N(C)S(=O)(=O)c2ccc(CO)o2)CC1. The third-order valence-corrected chi connectivity index (χ3v) is 6.12. The standard InChI is InChI=1S/C14H23NO4S/c1-3-11-4-6-12(7-5-11)15(2)20(17,18)14-9-8-13(10-16)19-14/h8-9,11-12,16H,3-7,10H2,1-2H3. The topological polar surface area (TPSA) is 70.8 Å². The molecule has 0 radical (unpaired) electrons. The van der Waals surface area contributed by atoms with Crippen LogP contribution in [0.1, 0.15) is 44.8 Å². The lowest BCUT2D eigenvalue weighted by molar-refractivity contribution is 0.222. The second-order valence-electron chi connectivity index (χ2n) is 5.48. The fourth-order valence-electron chi connectivity index (χ4n) is 2.84. The van der Waals surface area contributed by atoms with Crippen LogP contribution < -0.4 is 0 Å². The van der Waals surface area contributed by atoms with Crippen LogP contribution in [0.5, 0.6) is 0 Å². The second kappa shape index (κ2) is 6.28. The Morgan fingerprint density at radius 2 is 1.95 bits per heavy atom. The van der Waals surface area contributed by atoms with Crippen molar-refractivity contribution < 1.29 is 17.9 Å². The van der Waals surface area contributed by atoms with Gasteiger partial charge in [0.05, 0.1) is 0 Å². The summed E-state index contributed by atoms with van der Waals surface area (Å²) < 4.78 is 31.5. The van der Waals surface area contributed by atoms with Crippen LogP contribution in [0.15, 0.2) is 21.6 Å². The minimum atomic E-state index is -3.60. The number of sulfonamides is 1. The largest absolute Gasteiger partial charge is 0.446 e. The van der Waals surface area contributed by atoms with Gasteiger partial charge in [-0.05, 0) is 43.7 Å². The van der Waals surface area contributed by atoms with Crippen LogP contribution in [0.4, 0.5) is 0 Å². The Morgan fingerprint density at radius 3 is 2.45 bits per heavy atom. The number of nitrogens with zero attached hydrogens (tertiary/aromatic N) is 1. The predicted octanol–water partition coefficient (Wildman–Crippen LogP) is 2.36. The van der Waals surface area contributed by atoms with Gasteiger partial charge in [0.25, 0.3) is 10.0 Å². The Balaban J connectivity index is 2.09. The Morgan fingerprint density at radius 1 is 1.30 bits per heavy atom. The summed E-state index contributed by atoms with van der Waals surface area (Å²) in [7, 11) is -1.98. The fraction of sp³-hybridized carbons (Fsp3) is 0.714. The monoisotopic (exact) mass is 301 g/mol. The molecule has 1 aromatic heterocycles. The van der Waals surface area contributed by atoms with E-state index in [4.69, 9.17) is 9.52 Å². The summed E-state index contributed by atoms with van der Waals surface area (Å²) in [5.41, 5.74) is 0. The third kappa shape index (κ3) is 3.07. The zero-order valence-electron chi connectivity index (χ0n) is 12.1. The summed E-state index contributed by atoms with van der Waals surface area (Å²) in [5, 5.41) is 8.88. The van der Waals surface area contributed by atoms with Gasteiger partial charge < -0.3 is 9.52 Å². The van der Waals surface area contributed by atoms with Crippen molar-refractivity contribution >= 4 is 10.0 Å². The number of furan rings is 1. The summed E-state index contributed by atoms with van der Waals surface area (Å²) >= 11 is 0. The molecule has 1 aromatic rings. The number of aliphatic hydroxyl groups excluding tert-OH is 1. The van der Waals surface area contributed by atoms with Crippen LogP contribution in [-0.2, 0) is 16.6 Å². The lowest BCUT2D eigenvalue weighted by Gasteiger charge is -2.33. The van der Waals surface area contributed by atoms with E-state index < -0.39 is 10.0 Å². The first-order valence-electron chi connectivity index (χ1n) is 7.16. The lowest BCUT2D eigenvalue weighted by atomic mass is 9.85. The highest BCUT2D eigenvalue weighted by atomic mass is 32.2. The molecule has 0 atom stereocenters. The summed E-state index contributed by atoms with van der Waals surface area (Å²) in [4.78, 5) is 0. The van der Waals surface area contributed by atoms with Crippen molar-refractivity contribution in [1.29, 1.82) is 0 Å². The summed E-state index contributed by atoms with van der Waals surface area (Å²) in [5.74, 6) is 0.999. The Kier molecular flexibility index (Phi) is 4.88. The zero-order valence-corrected chi connectivity index (χ0v) is 12.9. The van der Waals surface area contributed by atoms with Gasteiger partial charge in [-0.3, -0.25) is 0 Å². The van der Waals surface area contributed by atoms with Gasteiger partial charge in [-0.1, -0.05) is 13.3 Å². The molecule has 0 bridgehead atoms. The van der Waals surface area contributed by atoms with Gasteiger partial charge in [-0.25, -0.2) is 8.42 Å². The van der Waals surface area contributed by atoms with Crippen LogP contribution in [0.25, 0.3) is 0 Å². The van der Waals surface area contributed by atoms with Gasteiger partial charge in [-0.2, -0.15) is 4.31 Å². The number of rotatable bonds is 5. The van der Waals surface area contributed by atoms with Gasteiger partial charge in [0.2, 0.25) is 5.09 Å². The van der Waals surface area contributed by atoms with E-state index in [1.807, 2.05) is 0 Å². The summed E-state index contributed by atoms with van der Waals surface area (Å²) in [6.07, 6.45) is 5.15. The third-order valence-electron chi connectivity index (χ3n) is 4.33. The minimum absolute atomic E-state index is 0.0467. The Hall–Kier alpha value is -0.850. The Bertz CT molecular complexity index is 529. The molecule has 1 saturated carbocycles. The first-order valence-corrected chi connectivity index (χ1v) is 8.60. The molecule has 6 heteroatoms. The van der Waals surface area contributed by atoms with Gasteiger partial charge in [-0.15, -0.1) is 0 Å². The molecular formula is C14H23NO4S. The molecule has 0 spiro atoms. The van der Waals surface area contributed by atoms with Crippen molar-refractivity contribution in [3.05, 3.63) is 17.9 Å². The highest BCUT2D eigenvalue weighted by Gasteiger charge is 2.32. The highest BCUT2D eigenvalue weighted by Crippen LogP contribution is 2.31. The maximum absolute atomic E-state index is 12.5. The molecule has 0 amide bonds. The molecule has 1 heterocycles. The molecule has 0 saturated heterocycles. The van der Waals surface area contributed by atoms with Crippen LogP contribution in [-0.4, -0.2) is 30.9 Å². The quantitative estimate of drug-likeness (QED) is 0.906. The van der Waals surface area contributed by atoms with E-state index in [0.29, 0.717) is 0 Å².